The normalized spacial score (nSPS) is 12.3. The fourth-order valence-electron chi connectivity index (χ4n) is 11.4. The Morgan fingerprint density at radius 3 is 1.42 bits per heavy atom. The third-order valence-corrected chi connectivity index (χ3v) is 16.1. The molecule has 0 aliphatic rings. The van der Waals surface area contributed by atoms with E-state index in [1.165, 1.54) is 33.4 Å². The van der Waals surface area contributed by atoms with Crippen LogP contribution < -0.4 is 21.2 Å². The number of hydrogen-bond acceptors (Lipinski definition) is 0. The van der Waals surface area contributed by atoms with Crippen molar-refractivity contribution in [2.45, 2.75) is 53.9 Å². The van der Waals surface area contributed by atoms with Crippen LogP contribution in [-0.2, 0) is 12.4 Å². The summed E-state index contributed by atoms with van der Waals surface area (Å²) in [5.41, 5.74) is 14.8. The van der Waals surface area contributed by atoms with Crippen molar-refractivity contribution in [2.24, 2.45) is 0 Å². The molecule has 0 aliphatic heterocycles. The van der Waals surface area contributed by atoms with Crippen molar-refractivity contribution < 1.29 is 47.5 Å². The van der Waals surface area contributed by atoms with Crippen LogP contribution in [0, 0.1) is 45.1 Å². The summed E-state index contributed by atoms with van der Waals surface area (Å²) in [6.45, 7) is 12.7. The van der Waals surface area contributed by atoms with E-state index in [1.54, 1.807) is 12.1 Å². The second-order valence-corrected chi connectivity index (χ2v) is 21.4. The predicted octanol–water partition coefficient (Wildman–Crippen LogP) is 15.3. The molecule has 0 bridgehead atoms. The van der Waals surface area contributed by atoms with Crippen molar-refractivity contribution in [3.05, 3.63) is 212 Å². The molecule has 0 amide bonds. The molecular weight excluding hydrogens is 1030 g/mol. The topological polar surface area (TPSA) is 9.86 Å². The van der Waals surface area contributed by atoms with Crippen molar-refractivity contribution in [1.82, 2.24) is 9.13 Å². The first-order valence-corrected chi connectivity index (χ1v) is 26.9. The molecule has 11 aromatic rings. The number of hydrogen-bond donors (Lipinski definition) is 0. The fourth-order valence-corrected chi connectivity index (χ4v) is 12.6. The van der Waals surface area contributed by atoms with Gasteiger partial charge in [0.05, 0.1) is 0 Å². The van der Waals surface area contributed by atoms with Gasteiger partial charge in [0.15, 0.2) is 0 Å². The molecule has 2 heterocycles. The zero-order valence-electron chi connectivity index (χ0n) is 40.6. The number of aromatic nitrogens is 2. The molecule has 0 unspecified atom stereocenters. The number of fused-ring (bicyclic) bond motifs is 6. The maximum atomic E-state index is 15.3. The van der Waals surface area contributed by atoms with Crippen molar-refractivity contribution in [3.8, 4) is 55.9 Å². The van der Waals surface area contributed by atoms with Crippen LogP contribution in [0.15, 0.2) is 164 Å². The van der Waals surface area contributed by atoms with Crippen LogP contribution in [0.4, 0.5) is 26.3 Å². The molecule has 360 valence electrons. The molecule has 2 nitrogen and oxygen atoms in total. The number of nitrogens with zero attached hydrogens (tertiary/aromatic N) is 2. The maximum absolute atomic E-state index is 15.3. The second-order valence-electron chi connectivity index (χ2n) is 19.1. The van der Waals surface area contributed by atoms with Crippen LogP contribution in [0.3, 0.4) is 0 Å². The second kappa shape index (κ2) is 17.6. The Kier molecular flexibility index (Phi) is 11.5. The van der Waals surface area contributed by atoms with E-state index in [-0.39, 0.29) is 17.2 Å². The van der Waals surface area contributed by atoms with Gasteiger partial charge in [-0.15, -0.1) is 0 Å². The molecule has 9 aromatic carbocycles. The van der Waals surface area contributed by atoms with Gasteiger partial charge < -0.3 is 0 Å². The van der Waals surface area contributed by atoms with E-state index >= 15 is 13.2 Å². The standard InChI is InChI=1S/C63H48F6IN2/c1-35-26-37(3)60(38(4)27-35)41-16-23-57-51(30-41)48-12-8-10-14-55(48)71(57)45-20-22-46(47-21-18-43(62(64,65)66)32-54(47)63(67,68)69)50(34-45)53-33-44(70-7)19-25-59(53)72-56-15-11-9-13-49(56)52-31-42(17-24-58(52)72)61-39(5)28-36(2)29-40(61)6/h8-34H,1-7H3/q-1. The van der Waals surface area contributed by atoms with Crippen molar-refractivity contribution >= 4 is 43.6 Å². The molecular formula is C63H48F6IN2-. The summed E-state index contributed by atoms with van der Waals surface area (Å²) in [7, 11) is 0. The first-order chi connectivity index (χ1) is 34.4. The zero-order chi connectivity index (χ0) is 50.5. The van der Waals surface area contributed by atoms with E-state index in [2.05, 4.69) is 147 Å². The zero-order valence-corrected chi connectivity index (χ0v) is 42.8. The fraction of sp³-hybridized carbons (Fsp3) is 0.143. The average molecular weight is 1070 g/mol. The Bertz CT molecular complexity index is 3970. The van der Waals surface area contributed by atoms with Crippen LogP contribution >= 0.6 is 0 Å². The Morgan fingerprint density at radius 1 is 0.389 bits per heavy atom. The number of benzene rings is 9. The molecule has 2 aromatic heterocycles. The number of alkyl halides is 7. The predicted molar refractivity (Wildman–Crippen MR) is 280 cm³/mol. The molecule has 9 heteroatoms. The Hall–Kier alpha value is -7.11. The van der Waals surface area contributed by atoms with Crippen molar-refractivity contribution in [3.63, 3.8) is 0 Å². The number of aryl methyl sites for hydroxylation is 6. The molecule has 11 rings (SSSR count). The van der Waals surface area contributed by atoms with Gasteiger partial charge in [0, 0.05) is 0 Å². The van der Waals surface area contributed by atoms with E-state index in [0.29, 0.717) is 16.8 Å². The number of para-hydroxylation sites is 2. The summed E-state index contributed by atoms with van der Waals surface area (Å²) in [4.78, 5) is 2.13. The van der Waals surface area contributed by atoms with Crippen LogP contribution in [0.25, 0.3) is 99.5 Å². The van der Waals surface area contributed by atoms with Gasteiger partial charge >= 0.3 is 365 Å². The van der Waals surface area contributed by atoms with Gasteiger partial charge in [0.2, 0.25) is 0 Å². The van der Waals surface area contributed by atoms with E-state index in [1.807, 2.05) is 42.5 Å². The van der Waals surface area contributed by atoms with E-state index in [4.69, 9.17) is 0 Å². The molecule has 0 saturated heterocycles. The Labute approximate surface area is 424 Å². The summed E-state index contributed by atoms with van der Waals surface area (Å²) in [5.74, 6) is 0. The molecule has 0 saturated carbocycles. The van der Waals surface area contributed by atoms with Crippen LogP contribution in [0.1, 0.15) is 44.5 Å². The first-order valence-electron chi connectivity index (χ1n) is 23.7. The first kappa shape index (κ1) is 47.2. The molecule has 0 aliphatic carbocycles. The third-order valence-electron chi connectivity index (χ3n) is 14.2. The van der Waals surface area contributed by atoms with Gasteiger partial charge in [-0.1, -0.05) is 23.3 Å². The van der Waals surface area contributed by atoms with E-state index in [0.717, 1.165) is 87.3 Å². The minimum absolute atomic E-state index is 0.161. The Morgan fingerprint density at radius 2 is 0.889 bits per heavy atom. The van der Waals surface area contributed by atoms with Crippen LogP contribution in [0.2, 0.25) is 0 Å². The van der Waals surface area contributed by atoms with Gasteiger partial charge in [-0.3, -0.25) is 0 Å². The third kappa shape index (κ3) is 7.97. The summed E-state index contributed by atoms with van der Waals surface area (Å²) < 4.78 is 94.1. The Balaban J connectivity index is 1.21. The SMILES string of the molecule is C[I-]c1ccc(-n2c3ccccc3c3cc(-c4c(C)cc(C)cc4C)ccc32)c(-c2cc(-n3c4ccccc4c4cc(-c5c(C)cc(C)cc5C)ccc43)ccc2-c2ccc(C(F)(F)F)cc2C(F)(F)F)c1. The van der Waals surface area contributed by atoms with E-state index in [9.17, 15) is 13.2 Å². The molecule has 0 atom stereocenters. The molecule has 0 spiro atoms. The van der Waals surface area contributed by atoms with Gasteiger partial charge in [-0.05, 0) is 38.8 Å². The summed E-state index contributed by atoms with van der Waals surface area (Å²) >= 11 is -0.531. The minimum atomic E-state index is -5.11. The van der Waals surface area contributed by atoms with Gasteiger partial charge in [0.1, 0.15) is 0 Å². The summed E-state index contributed by atoms with van der Waals surface area (Å²) in [6.07, 6.45) is -10.1. The summed E-state index contributed by atoms with van der Waals surface area (Å²) in [6, 6.07) is 51.5. The van der Waals surface area contributed by atoms with Gasteiger partial charge in [-0.2, -0.15) is 0 Å². The van der Waals surface area contributed by atoms with Gasteiger partial charge in [0.25, 0.3) is 0 Å². The van der Waals surface area contributed by atoms with E-state index < -0.39 is 44.7 Å². The summed E-state index contributed by atoms with van der Waals surface area (Å²) in [5, 5.41) is 4.03. The quantitative estimate of drug-likeness (QED) is 0.0855. The number of halogens is 7. The average Bonchev–Trinajstić information content (AvgIpc) is 3.84. The molecule has 0 N–H and O–H groups in total. The van der Waals surface area contributed by atoms with Crippen molar-refractivity contribution in [2.75, 3.05) is 4.93 Å². The van der Waals surface area contributed by atoms with Crippen LogP contribution in [0.5, 0.6) is 0 Å². The molecule has 0 fully saturated rings. The molecule has 0 radical (unpaired) electrons. The number of rotatable bonds is 7. The van der Waals surface area contributed by atoms with Crippen LogP contribution in [-0.4, -0.2) is 14.1 Å². The molecule has 72 heavy (non-hydrogen) atoms. The van der Waals surface area contributed by atoms with Crippen molar-refractivity contribution in [1.29, 1.82) is 0 Å². The van der Waals surface area contributed by atoms with Gasteiger partial charge in [-0.25, -0.2) is 0 Å². The monoisotopic (exact) mass is 1070 g/mol.